The zero-order valence-electron chi connectivity index (χ0n) is 23.3. The lowest BCUT2D eigenvalue weighted by Crippen LogP contribution is -2.49. The van der Waals surface area contributed by atoms with Gasteiger partial charge in [0, 0.05) is 17.8 Å². The molecule has 2 unspecified atom stereocenters. The number of carbonyl (C=O) groups is 2. The van der Waals surface area contributed by atoms with Crippen molar-refractivity contribution < 1.29 is 31.5 Å². The number of methoxy groups -OCH3 is 1. The van der Waals surface area contributed by atoms with Crippen LogP contribution in [0.2, 0.25) is 0 Å². The normalized spacial score (nSPS) is 17.7. The van der Waals surface area contributed by atoms with Gasteiger partial charge in [-0.05, 0) is 44.7 Å². The molecule has 1 aliphatic rings. The molecule has 0 aliphatic heterocycles. The zero-order valence-corrected chi connectivity index (χ0v) is 25.8. The quantitative estimate of drug-likeness (QED) is 0.261. The highest BCUT2D eigenvalue weighted by molar-refractivity contribution is 7.92. The van der Waals surface area contributed by atoms with Crippen LogP contribution in [0.1, 0.15) is 55.9 Å². The van der Waals surface area contributed by atoms with Crippen molar-refractivity contribution in [2.75, 3.05) is 7.11 Å². The minimum atomic E-state index is -3.47. The van der Waals surface area contributed by atoms with Crippen molar-refractivity contribution in [1.82, 2.24) is 20.3 Å². The second-order valence-corrected chi connectivity index (χ2v) is 14.9. The molecule has 2 amide bonds. The Morgan fingerprint density at radius 1 is 1.20 bits per heavy atom. The van der Waals surface area contributed by atoms with E-state index in [9.17, 15) is 22.2 Å². The molecule has 0 saturated heterocycles. The Labute approximate surface area is 247 Å². The van der Waals surface area contributed by atoms with Crippen LogP contribution in [0.25, 0.3) is 0 Å². The van der Waals surface area contributed by atoms with Crippen molar-refractivity contribution in [2.45, 2.75) is 68.7 Å². The van der Waals surface area contributed by atoms with Gasteiger partial charge >= 0.3 is 6.09 Å². The molecule has 11 nitrogen and oxygen atoms in total. The molecule has 4 atom stereocenters. The lowest BCUT2D eigenvalue weighted by atomic mass is 9.96. The first kappa shape index (κ1) is 32.6. The second-order valence-electron chi connectivity index (χ2n) is 10.5. The van der Waals surface area contributed by atoms with Crippen LogP contribution in [0, 0.1) is 0 Å². The van der Waals surface area contributed by atoms with E-state index in [4.69, 9.17) is 9.29 Å². The Kier molecular flexibility index (Phi) is 11.4. The number of ether oxygens (including phenoxy) is 1. The standard InChI is InChI=1S/C27H36N4O7S3/c1-27(2,3)41(36,37)17-24-28-23(16-39-24)21(14-19-10-12-20(13-11-19)31-40(34)35)29-25(32)22(30-26(33)38-4)15-18-8-6-5-7-9-18/h5-12,16,20-22,31H,13-15,17H2,1-4H3,(H,29,32)(H,30,33)(H,34,35)/t20?,21-,22-/m0/s1. The molecular formula is C27H36N4O7S3. The van der Waals surface area contributed by atoms with Crippen molar-refractivity contribution >= 4 is 44.4 Å². The fourth-order valence-electron chi connectivity index (χ4n) is 3.96. The van der Waals surface area contributed by atoms with Crippen molar-refractivity contribution in [1.29, 1.82) is 0 Å². The summed E-state index contributed by atoms with van der Waals surface area (Å²) in [6, 6.07) is 7.32. The molecule has 1 aromatic heterocycles. The lowest BCUT2D eigenvalue weighted by Gasteiger charge is -2.24. The number of hydrogen-bond donors (Lipinski definition) is 4. The molecule has 0 fully saturated rings. The van der Waals surface area contributed by atoms with Gasteiger partial charge in [-0.3, -0.25) is 9.35 Å². The summed E-state index contributed by atoms with van der Waals surface area (Å²) in [6.07, 6.45) is 5.72. The Bertz CT molecular complexity index is 1400. The average molecular weight is 625 g/mol. The summed E-state index contributed by atoms with van der Waals surface area (Å²) in [6.45, 7) is 4.91. The molecule has 0 spiro atoms. The Balaban J connectivity index is 1.86. The van der Waals surface area contributed by atoms with E-state index in [2.05, 4.69) is 20.3 Å². The molecule has 14 heteroatoms. The van der Waals surface area contributed by atoms with Crippen molar-refractivity contribution in [2.24, 2.45) is 0 Å². The number of hydrogen-bond acceptors (Lipinski definition) is 8. The molecule has 3 rings (SSSR count). The SMILES string of the molecule is COC(=O)N[C@@H](Cc1ccccc1)C(=O)N[C@@H](CC1=CCC(NS(=O)O)C=C1)c1csc(CS(=O)(=O)C(C)(C)C)n1. The summed E-state index contributed by atoms with van der Waals surface area (Å²) in [5.41, 5.74) is 2.18. The third-order valence-electron chi connectivity index (χ3n) is 6.43. The predicted molar refractivity (Wildman–Crippen MR) is 159 cm³/mol. The largest absolute Gasteiger partial charge is 0.453 e. The molecule has 1 heterocycles. The number of rotatable bonds is 12. The summed E-state index contributed by atoms with van der Waals surface area (Å²) in [5.74, 6) is -0.687. The topological polar surface area (TPSA) is 164 Å². The number of carbonyl (C=O) groups excluding carboxylic acids is 2. The first-order chi connectivity index (χ1) is 19.3. The van der Waals surface area contributed by atoms with Crippen LogP contribution in [0.4, 0.5) is 4.79 Å². The van der Waals surface area contributed by atoms with E-state index >= 15 is 0 Å². The van der Waals surface area contributed by atoms with E-state index in [0.29, 0.717) is 23.5 Å². The fraction of sp³-hybridized carbons (Fsp3) is 0.444. The van der Waals surface area contributed by atoms with Crippen molar-refractivity contribution in [3.8, 4) is 0 Å². The highest BCUT2D eigenvalue weighted by Crippen LogP contribution is 2.28. The van der Waals surface area contributed by atoms with Crippen LogP contribution in [0.15, 0.2) is 59.5 Å². The van der Waals surface area contributed by atoms with E-state index in [1.165, 1.54) is 18.4 Å². The Hall–Kier alpha value is -2.91. The van der Waals surface area contributed by atoms with Crippen LogP contribution in [0.3, 0.4) is 0 Å². The molecule has 224 valence electrons. The smallest absolute Gasteiger partial charge is 0.407 e. The monoisotopic (exact) mass is 624 g/mol. The molecule has 0 bridgehead atoms. The van der Waals surface area contributed by atoms with Gasteiger partial charge in [-0.2, -0.15) is 0 Å². The second kappa shape index (κ2) is 14.3. The van der Waals surface area contributed by atoms with Gasteiger partial charge in [0.15, 0.2) is 9.84 Å². The van der Waals surface area contributed by atoms with Gasteiger partial charge in [0.05, 0.1) is 23.6 Å². The van der Waals surface area contributed by atoms with E-state index < -0.39 is 49.9 Å². The maximum Gasteiger partial charge on any atom is 0.407 e. The summed E-state index contributed by atoms with van der Waals surface area (Å²) in [5, 5.41) is 7.71. The molecular weight excluding hydrogens is 589 g/mol. The minimum Gasteiger partial charge on any atom is -0.453 e. The molecule has 4 N–H and O–H groups in total. The third-order valence-corrected chi connectivity index (χ3v) is 10.5. The van der Waals surface area contributed by atoms with Gasteiger partial charge in [0.2, 0.25) is 17.2 Å². The molecule has 41 heavy (non-hydrogen) atoms. The highest BCUT2D eigenvalue weighted by atomic mass is 32.2. The molecule has 0 radical (unpaired) electrons. The van der Waals surface area contributed by atoms with E-state index in [1.54, 1.807) is 38.3 Å². The minimum absolute atomic E-state index is 0.217. The van der Waals surface area contributed by atoms with Gasteiger partial charge < -0.3 is 15.4 Å². The molecule has 0 saturated carbocycles. The van der Waals surface area contributed by atoms with E-state index in [-0.39, 0.29) is 18.2 Å². The lowest BCUT2D eigenvalue weighted by molar-refractivity contribution is -0.123. The summed E-state index contributed by atoms with van der Waals surface area (Å²) in [4.78, 5) is 30.2. The van der Waals surface area contributed by atoms with Crippen LogP contribution in [-0.2, 0) is 42.8 Å². The number of nitrogens with one attached hydrogen (secondary N) is 3. The van der Waals surface area contributed by atoms with Gasteiger partial charge in [-0.25, -0.2) is 27.1 Å². The molecule has 1 aromatic carbocycles. The van der Waals surface area contributed by atoms with Crippen molar-refractivity contribution in [3.05, 3.63) is 75.8 Å². The number of aromatic nitrogens is 1. The maximum atomic E-state index is 13.6. The van der Waals surface area contributed by atoms with Crippen LogP contribution in [-0.4, -0.2) is 58.1 Å². The van der Waals surface area contributed by atoms with Crippen LogP contribution < -0.4 is 15.4 Å². The third kappa shape index (κ3) is 9.85. The summed E-state index contributed by atoms with van der Waals surface area (Å²) < 4.78 is 52.1. The van der Waals surface area contributed by atoms with Gasteiger partial charge in [0.1, 0.15) is 16.8 Å². The Morgan fingerprint density at radius 3 is 2.49 bits per heavy atom. The highest BCUT2D eigenvalue weighted by Gasteiger charge is 2.31. The number of alkyl carbamates (subject to hydrolysis) is 1. The zero-order chi connectivity index (χ0) is 30.2. The van der Waals surface area contributed by atoms with E-state index in [1.807, 2.05) is 36.4 Å². The average Bonchev–Trinajstić information content (AvgIpc) is 3.36. The summed E-state index contributed by atoms with van der Waals surface area (Å²) >= 11 is -0.951. The van der Waals surface area contributed by atoms with Crippen LogP contribution in [0.5, 0.6) is 0 Å². The van der Waals surface area contributed by atoms with Gasteiger partial charge in [-0.1, -0.05) is 48.6 Å². The van der Waals surface area contributed by atoms with Gasteiger partial charge in [0.25, 0.3) is 0 Å². The van der Waals surface area contributed by atoms with E-state index in [0.717, 1.165) is 11.1 Å². The number of nitrogens with zero attached hydrogens (tertiary/aromatic N) is 1. The first-order valence-corrected chi connectivity index (χ1v) is 16.5. The number of amides is 2. The first-order valence-electron chi connectivity index (χ1n) is 12.9. The number of sulfone groups is 1. The summed E-state index contributed by atoms with van der Waals surface area (Å²) in [7, 11) is -2.25. The molecule has 2 aromatic rings. The molecule has 1 aliphatic carbocycles. The number of allylic oxidation sites excluding steroid dienone is 1. The Morgan fingerprint density at radius 2 is 1.90 bits per heavy atom. The predicted octanol–water partition coefficient (Wildman–Crippen LogP) is 3.35. The van der Waals surface area contributed by atoms with Crippen molar-refractivity contribution in [3.63, 3.8) is 0 Å². The van der Waals surface area contributed by atoms with Crippen LogP contribution >= 0.6 is 11.3 Å². The fourth-order valence-corrected chi connectivity index (χ4v) is 6.59. The number of thiazole rings is 1. The number of benzene rings is 1. The van der Waals surface area contributed by atoms with Gasteiger partial charge in [-0.15, -0.1) is 11.3 Å². The maximum absolute atomic E-state index is 13.6.